The van der Waals surface area contributed by atoms with Crippen LogP contribution in [0.3, 0.4) is 0 Å². The molecule has 0 aliphatic heterocycles. The normalized spacial score (nSPS) is 18.3. The van der Waals surface area contributed by atoms with E-state index in [1.165, 1.54) is 42.6 Å². The molecule has 2 aromatic heterocycles. The minimum Gasteiger partial charge on any atom is -0.465 e. The number of halogens is 3. The Morgan fingerprint density at radius 2 is 1.76 bits per heavy atom. The van der Waals surface area contributed by atoms with Crippen molar-refractivity contribution in [2.75, 3.05) is 20.8 Å². The number of alkyl halides is 3. The number of carbonyl (C=O) groups excluding carboxylic acids is 2. The zero-order valence-corrected chi connectivity index (χ0v) is 26.2. The molecule has 2 heterocycles. The number of ketones is 1. The zero-order chi connectivity index (χ0) is 32.6. The van der Waals surface area contributed by atoms with Gasteiger partial charge in [0.25, 0.3) is 0 Å². The lowest BCUT2D eigenvalue weighted by molar-refractivity contribution is -0.139. The number of aryl methyl sites for hydroxylation is 2. The van der Waals surface area contributed by atoms with Gasteiger partial charge in [-0.15, -0.1) is 0 Å². The highest BCUT2D eigenvalue weighted by Gasteiger charge is 2.37. The van der Waals surface area contributed by atoms with Gasteiger partial charge in [-0.3, -0.25) is 4.79 Å². The number of nitrogens with zero attached hydrogens (tertiary/aromatic N) is 4. The molecule has 0 bridgehead atoms. The maximum atomic E-state index is 14.1. The van der Waals surface area contributed by atoms with Crippen molar-refractivity contribution in [2.45, 2.75) is 77.4 Å². The van der Waals surface area contributed by atoms with Crippen LogP contribution in [0, 0.1) is 17.8 Å². The summed E-state index contributed by atoms with van der Waals surface area (Å²) in [5.41, 5.74) is -0.162. The monoisotopic (exact) mass is 630 g/mol. The van der Waals surface area contributed by atoms with Crippen LogP contribution in [0.25, 0.3) is 0 Å². The van der Waals surface area contributed by atoms with Crippen LogP contribution in [-0.4, -0.2) is 52.6 Å². The molecular formula is C33H41F3N4O5. The highest BCUT2D eigenvalue weighted by atomic mass is 19.4. The number of benzene rings is 1. The van der Waals surface area contributed by atoms with E-state index in [0.29, 0.717) is 36.5 Å². The predicted molar refractivity (Wildman–Crippen MR) is 160 cm³/mol. The van der Waals surface area contributed by atoms with Crippen molar-refractivity contribution in [1.82, 2.24) is 20.0 Å². The fourth-order valence-electron chi connectivity index (χ4n) is 5.90. The molecule has 1 fully saturated rings. The summed E-state index contributed by atoms with van der Waals surface area (Å²) in [7, 11) is 2.85. The molecule has 244 valence electrons. The Labute approximate surface area is 261 Å². The Bertz CT molecular complexity index is 1420. The SMILES string of the molecule is COCC(C)CCC(C(=O)C1CCC(C)CC1)c1ccc(Oc2ncc(CCn3nccn3)cc2C(F)(F)F)cc1C(=O)OC. The minimum atomic E-state index is -4.75. The van der Waals surface area contributed by atoms with Crippen molar-refractivity contribution in [3.05, 3.63) is 65.1 Å². The van der Waals surface area contributed by atoms with Gasteiger partial charge >= 0.3 is 12.1 Å². The smallest absolute Gasteiger partial charge is 0.421 e. The number of hydrogen-bond acceptors (Lipinski definition) is 8. The molecule has 0 amide bonds. The Morgan fingerprint density at radius 3 is 2.40 bits per heavy atom. The first-order valence-electron chi connectivity index (χ1n) is 15.3. The standard InChI is InChI=1S/C33H41F3N4O5/c1-21-5-8-24(9-6-21)30(41)27(11-7-22(2)20-43-3)26-12-10-25(18-28(26)32(42)44-4)45-31-29(33(34,35)36)17-23(19-37-31)13-16-40-38-14-15-39-40/h10,12,14-15,17-19,21-22,24,27H,5-9,11,13,16,20H2,1-4H3. The topological polar surface area (TPSA) is 105 Å². The first-order chi connectivity index (χ1) is 21.5. The van der Waals surface area contributed by atoms with Crippen LogP contribution in [0.1, 0.15) is 85.3 Å². The van der Waals surface area contributed by atoms with Crippen LogP contribution in [0.5, 0.6) is 11.6 Å². The molecule has 0 saturated heterocycles. The van der Waals surface area contributed by atoms with Crippen molar-refractivity contribution >= 4 is 11.8 Å². The van der Waals surface area contributed by atoms with E-state index in [1.54, 1.807) is 13.2 Å². The fraction of sp³-hybridized carbons (Fsp3) is 0.545. The van der Waals surface area contributed by atoms with Gasteiger partial charge in [-0.1, -0.05) is 32.8 Å². The second-order valence-electron chi connectivity index (χ2n) is 12.0. The van der Waals surface area contributed by atoms with Crippen molar-refractivity contribution in [2.24, 2.45) is 17.8 Å². The predicted octanol–water partition coefficient (Wildman–Crippen LogP) is 7.06. The number of esters is 1. The van der Waals surface area contributed by atoms with Crippen molar-refractivity contribution in [1.29, 1.82) is 0 Å². The van der Waals surface area contributed by atoms with E-state index in [9.17, 15) is 22.8 Å². The van der Waals surface area contributed by atoms with Gasteiger partial charge in [0, 0.05) is 31.7 Å². The van der Waals surface area contributed by atoms with Crippen LogP contribution in [-0.2, 0) is 33.4 Å². The van der Waals surface area contributed by atoms with Crippen molar-refractivity contribution < 1.29 is 37.0 Å². The number of rotatable bonds is 14. The summed E-state index contributed by atoms with van der Waals surface area (Å²) in [6.45, 7) is 5.03. The maximum Gasteiger partial charge on any atom is 0.421 e. The molecule has 2 unspecified atom stereocenters. The summed E-state index contributed by atoms with van der Waals surface area (Å²) in [5.74, 6) is -1.26. The number of ether oxygens (including phenoxy) is 3. The molecule has 4 rings (SSSR count). The molecule has 45 heavy (non-hydrogen) atoms. The fourth-order valence-corrected chi connectivity index (χ4v) is 5.90. The van der Waals surface area contributed by atoms with Gasteiger partial charge in [0.15, 0.2) is 0 Å². The quantitative estimate of drug-likeness (QED) is 0.175. The Balaban J connectivity index is 1.65. The molecule has 2 atom stereocenters. The van der Waals surface area contributed by atoms with E-state index in [-0.39, 0.29) is 41.9 Å². The molecule has 1 aliphatic carbocycles. The molecule has 1 saturated carbocycles. The van der Waals surface area contributed by atoms with E-state index in [0.717, 1.165) is 31.7 Å². The highest BCUT2D eigenvalue weighted by Crippen LogP contribution is 2.40. The van der Waals surface area contributed by atoms with Crippen LogP contribution in [0.4, 0.5) is 13.2 Å². The van der Waals surface area contributed by atoms with Gasteiger partial charge in [0.2, 0.25) is 5.88 Å². The summed E-state index contributed by atoms with van der Waals surface area (Å²) in [6, 6.07) is 5.39. The number of Topliss-reactive ketones (excluding diaryl/α,β-unsaturated/α-hetero) is 1. The molecule has 0 N–H and O–H groups in total. The average molecular weight is 631 g/mol. The van der Waals surface area contributed by atoms with Gasteiger partial charge in [0.1, 0.15) is 17.1 Å². The number of pyridine rings is 1. The first kappa shape index (κ1) is 34.1. The van der Waals surface area contributed by atoms with Crippen LogP contribution < -0.4 is 4.74 Å². The van der Waals surface area contributed by atoms with Gasteiger partial charge in [-0.05, 0) is 73.3 Å². The molecule has 0 radical (unpaired) electrons. The van der Waals surface area contributed by atoms with Crippen molar-refractivity contribution in [3.63, 3.8) is 0 Å². The third kappa shape index (κ3) is 9.12. The first-order valence-corrected chi connectivity index (χ1v) is 15.3. The molecule has 1 aromatic carbocycles. The van der Waals surface area contributed by atoms with E-state index in [4.69, 9.17) is 14.2 Å². The molecule has 9 nitrogen and oxygen atoms in total. The Kier molecular flexibility index (Phi) is 11.7. The summed E-state index contributed by atoms with van der Waals surface area (Å²) in [6.07, 6.45) is 4.46. The maximum absolute atomic E-state index is 14.1. The summed E-state index contributed by atoms with van der Waals surface area (Å²) in [5, 5.41) is 7.93. The zero-order valence-electron chi connectivity index (χ0n) is 26.2. The summed E-state index contributed by atoms with van der Waals surface area (Å²) >= 11 is 0. The molecule has 3 aromatic rings. The second kappa shape index (κ2) is 15.5. The lowest BCUT2D eigenvalue weighted by Gasteiger charge is -2.29. The largest absolute Gasteiger partial charge is 0.465 e. The summed E-state index contributed by atoms with van der Waals surface area (Å²) in [4.78, 5) is 32.4. The van der Waals surface area contributed by atoms with Crippen molar-refractivity contribution in [3.8, 4) is 11.6 Å². The number of aromatic nitrogens is 4. The average Bonchev–Trinajstić information content (AvgIpc) is 3.54. The van der Waals surface area contributed by atoms with E-state index in [2.05, 4.69) is 22.1 Å². The van der Waals surface area contributed by atoms with Gasteiger partial charge in [-0.2, -0.15) is 28.2 Å². The highest BCUT2D eigenvalue weighted by molar-refractivity contribution is 5.96. The van der Waals surface area contributed by atoms with Crippen LogP contribution in [0.15, 0.2) is 42.9 Å². The lowest BCUT2D eigenvalue weighted by atomic mass is 9.74. The van der Waals surface area contributed by atoms with E-state index >= 15 is 0 Å². The number of hydrogen-bond donors (Lipinski definition) is 0. The number of methoxy groups -OCH3 is 2. The van der Waals surface area contributed by atoms with E-state index in [1.807, 2.05) is 6.92 Å². The lowest BCUT2D eigenvalue weighted by Crippen LogP contribution is -2.28. The Hall–Kier alpha value is -3.80. The third-order valence-electron chi connectivity index (χ3n) is 8.46. The Morgan fingerprint density at radius 1 is 1.04 bits per heavy atom. The molecule has 1 aliphatic rings. The van der Waals surface area contributed by atoms with Gasteiger partial charge < -0.3 is 14.2 Å². The molecule has 12 heteroatoms. The van der Waals surface area contributed by atoms with Gasteiger partial charge in [-0.25, -0.2) is 9.78 Å². The molecular weight excluding hydrogens is 589 g/mol. The third-order valence-corrected chi connectivity index (χ3v) is 8.46. The van der Waals surface area contributed by atoms with Crippen LogP contribution in [0.2, 0.25) is 0 Å². The minimum absolute atomic E-state index is 0.0314. The second-order valence-corrected chi connectivity index (χ2v) is 12.0. The number of carbonyl (C=O) groups is 2. The van der Waals surface area contributed by atoms with Crippen LogP contribution >= 0.6 is 0 Å². The molecule has 0 spiro atoms. The summed E-state index contributed by atoms with van der Waals surface area (Å²) < 4.78 is 58.3. The van der Waals surface area contributed by atoms with E-state index < -0.39 is 29.5 Å². The van der Waals surface area contributed by atoms with Gasteiger partial charge in [0.05, 0.1) is 31.6 Å².